The Labute approximate surface area is 158 Å². The van der Waals surface area contributed by atoms with Gasteiger partial charge in [-0.1, -0.05) is 13.8 Å². The van der Waals surface area contributed by atoms with Crippen LogP contribution in [0.2, 0.25) is 0 Å². The Bertz CT molecular complexity index is 1010. The molecule has 0 aliphatic heterocycles. The highest BCUT2D eigenvalue weighted by Crippen LogP contribution is 2.42. The molecule has 0 radical (unpaired) electrons. The Hall–Kier alpha value is -2.71. The number of Topliss-reactive ketones (excluding diaryl/α,β-unsaturated/α-hetero) is 2. The summed E-state index contributed by atoms with van der Waals surface area (Å²) in [5.41, 5.74) is -1.65. The second kappa shape index (κ2) is 6.15. The van der Waals surface area contributed by atoms with Crippen molar-refractivity contribution in [1.29, 1.82) is 0 Å². The number of carbonyl (C=O) groups is 2. The van der Waals surface area contributed by atoms with Gasteiger partial charge in [-0.15, -0.1) is 10.2 Å². The maximum absolute atomic E-state index is 13.5. The van der Waals surface area contributed by atoms with E-state index in [0.717, 1.165) is 16.5 Å². The third-order valence-corrected chi connectivity index (χ3v) is 5.54. The molecule has 0 aromatic carbocycles. The van der Waals surface area contributed by atoms with Gasteiger partial charge in [0, 0.05) is 17.8 Å². The van der Waals surface area contributed by atoms with Crippen LogP contribution in [0.15, 0.2) is 17.7 Å². The molecule has 9 heteroatoms. The van der Waals surface area contributed by atoms with Crippen molar-refractivity contribution in [2.24, 2.45) is 11.8 Å². The summed E-state index contributed by atoms with van der Waals surface area (Å²) in [5, 5.41) is 18.4. The molecule has 0 spiro atoms. The average molecular weight is 393 g/mol. The van der Waals surface area contributed by atoms with Crippen LogP contribution >= 0.6 is 0 Å². The first-order chi connectivity index (χ1) is 13.1. The van der Waals surface area contributed by atoms with E-state index in [-0.39, 0.29) is 40.4 Å². The van der Waals surface area contributed by atoms with E-state index in [9.17, 15) is 27.9 Å². The molecule has 0 unspecified atom stereocenters. The van der Waals surface area contributed by atoms with Crippen LogP contribution in [0.25, 0.3) is 11.4 Å². The molecule has 0 saturated heterocycles. The zero-order valence-electron chi connectivity index (χ0n) is 15.2. The quantitative estimate of drug-likeness (QED) is 0.478. The highest BCUT2D eigenvalue weighted by Gasteiger charge is 2.45. The third kappa shape index (κ3) is 2.63. The van der Waals surface area contributed by atoms with Gasteiger partial charge in [-0.25, -0.2) is 0 Å². The number of hydrogen-bond donors (Lipinski definition) is 1. The van der Waals surface area contributed by atoms with E-state index in [0.29, 0.717) is 19.3 Å². The standard InChI is InChI=1S/C19H18F3N3O3/c1-8(2)17-23-24-18-11(5-6-12(25(17)18)19(20,21)22)16(28)13-14(26)9-3-4-10(7-9)15(13)27/h5-6,8-10,28H,3-4,7H2,1-2H3/t9-,10+. The fourth-order valence-corrected chi connectivity index (χ4v) is 4.15. The van der Waals surface area contributed by atoms with E-state index < -0.39 is 29.2 Å². The fourth-order valence-electron chi connectivity index (χ4n) is 4.15. The molecule has 2 bridgehead atoms. The first-order valence-electron chi connectivity index (χ1n) is 9.08. The molecule has 2 aromatic rings. The summed E-state index contributed by atoms with van der Waals surface area (Å²) in [6.07, 6.45) is -3.03. The van der Waals surface area contributed by atoms with E-state index in [4.69, 9.17) is 0 Å². The Kier molecular flexibility index (Phi) is 4.09. The van der Waals surface area contributed by atoms with Crippen molar-refractivity contribution in [2.75, 3.05) is 0 Å². The molecular weight excluding hydrogens is 375 g/mol. The van der Waals surface area contributed by atoms with Crippen molar-refractivity contribution in [3.63, 3.8) is 0 Å². The number of aliphatic hydroxyl groups excluding tert-OH is 1. The molecule has 0 amide bonds. The molecular formula is C19H18F3N3O3. The van der Waals surface area contributed by atoms with Crippen LogP contribution in [0, 0.1) is 11.8 Å². The van der Waals surface area contributed by atoms with Gasteiger partial charge >= 0.3 is 6.18 Å². The van der Waals surface area contributed by atoms with Gasteiger partial charge in [0.1, 0.15) is 22.9 Å². The normalized spacial score (nSPS) is 24.5. The molecule has 2 atom stereocenters. The number of ketones is 2. The summed E-state index contributed by atoms with van der Waals surface area (Å²) >= 11 is 0. The lowest BCUT2D eigenvalue weighted by Gasteiger charge is -2.21. The molecule has 2 saturated carbocycles. The number of nitrogens with zero attached hydrogens (tertiary/aromatic N) is 3. The van der Waals surface area contributed by atoms with Gasteiger partial charge < -0.3 is 5.11 Å². The zero-order valence-corrected chi connectivity index (χ0v) is 15.2. The van der Waals surface area contributed by atoms with Crippen LogP contribution in [0.4, 0.5) is 13.2 Å². The number of carbonyl (C=O) groups excluding carboxylic acids is 2. The predicted octanol–water partition coefficient (Wildman–Crippen LogP) is 3.71. The number of pyridine rings is 1. The minimum Gasteiger partial charge on any atom is -0.506 e. The number of allylic oxidation sites excluding steroid dienone is 1. The summed E-state index contributed by atoms with van der Waals surface area (Å²) in [7, 11) is 0. The molecule has 2 aliphatic carbocycles. The fraction of sp³-hybridized carbons (Fsp3) is 0.474. The maximum Gasteiger partial charge on any atom is 0.431 e. The summed E-state index contributed by atoms with van der Waals surface area (Å²) < 4.78 is 41.3. The highest BCUT2D eigenvalue weighted by atomic mass is 19.4. The van der Waals surface area contributed by atoms with Gasteiger partial charge in [0.05, 0.1) is 5.56 Å². The number of rotatable bonds is 2. The number of alkyl halides is 3. The maximum atomic E-state index is 13.5. The summed E-state index contributed by atoms with van der Waals surface area (Å²) in [6.45, 7) is 3.35. The van der Waals surface area contributed by atoms with Crippen molar-refractivity contribution in [3.05, 3.63) is 34.8 Å². The average Bonchev–Trinajstić information content (AvgIpc) is 3.24. The van der Waals surface area contributed by atoms with Crippen molar-refractivity contribution < 1.29 is 27.9 Å². The van der Waals surface area contributed by atoms with E-state index in [1.807, 2.05) is 0 Å². The molecule has 28 heavy (non-hydrogen) atoms. The summed E-state index contributed by atoms with van der Waals surface area (Å²) in [5.74, 6) is -2.45. The number of fused-ring (bicyclic) bond motifs is 3. The largest absolute Gasteiger partial charge is 0.506 e. The number of aliphatic hydroxyl groups is 1. The lowest BCUT2D eigenvalue weighted by Crippen LogP contribution is -2.30. The lowest BCUT2D eigenvalue weighted by atomic mass is 9.81. The van der Waals surface area contributed by atoms with E-state index in [1.54, 1.807) is 13.8 Å². The first kappa shape index (κ1) is 18.6. The summed E-state index contributed by atoms with van der Waals surface area (Å²) in [6, 6.07) is 1.84. The Morgan fingerprint density at radius 1 is 1.14 bits per heavy atom. The van der Waals surface area contributed by atoms with Crippen molar-refractivity contribution >= 4 is 23.0 Å². The first-order valence-corrected chi connectivity index (χ1v) is 9.08. The zero-order chi connectivity index (χ0) is 20.4. The van der Waals surface area contributed by atoms with Crippen LogP contribution in [0.3, 0.4) is 0 Å². The van der Waals surface area contributed by atoms with Crippen LogP contribution in [0.1, 0.15) is 56.1 Å². The van der Waals surface area contributed by atoms with Crippen molar-refractivity contribution in [2.45, 2.75) is 45.2 Å². The molecule has 148 valence electrons. The monoisotopic (exact) mass is 393 g/mol. The molecule has 4 rings (SSSR count). The predicted molar refractivity (Wildman–Crippen MR) is 92.5 cm³/mol. The van der Waals surface area contributed by atoms with Crippen LogP contribution in [-0.4, -0.2) is 31.3 Å². The van der Waals surface area contributed by atoms with Crippen LogP contribution < -0.4 is 0 Å². The minimum absolute atomic E-state index is 0.0725. The second-order valence-electron chi connectivity index (χ2n) is 7.66. The Morgan fingerprint density at radius 3 is 2.29 bits per heavy atom. The molecule has 1 N–H and O–H groups in total. The number of halogens is 3. The van der Waals surface area contributed by atoms with Gasteiger partial charge in [-0.05, 0) is 31.4 Å². The highest BCUT2D eigenvalue weighted by molar-refractivity contribution is 6.28. The van der Waals surface area contributed by atoms with E-state index in [1.165, 1.54) is 0 Å². The van der Waals surface area contributed by atoms with Gasteiger partial charge in [-0.3, -0.25) is 14.0 Å². The molecule has 2 aliphatic rings. The molecule has 6 nitrogen and oxygen atoms in total. The van der Waals surface area contributed by atoms with Crippen molar-refractivity contribution in [1.82, 2.24) is 14.6 Å². The molecule has 2 aromatic heterocycles. The van der Waals surface area contributed by atoms with Crippen molar-refractivity contribution in [3.8, 4) is 0 Å². The van der Waals surface area contributed by atoms with Crippen LogP contribution in [0.5, 0.6) is 0 Å². The van der Waals surface area contributed by atoms with Gasteiger partial charge in [0.25, 0.3) is 0 Å². The Morgan fingerprint density at radius 2 is 1.75 bits per heavy atom. The third-order valence-electron chi connectivity index (χ3n) is 5.54. The minimum atomic E-state index is -4.67. The van der Waals surface area contributed by atoms with E-state index >= 15 is 0 Å². The van der Waals surface area contributed by atoms with Gasteiger partial charge in [0.2, 0.25) is 0 Å². The molecule has 2 heterocycles. The van der Waals surface area contributed by atoms with Crippen LogP contribution in [-0.2, 0) is 15.8 Å². The SMILES string of the molecule is CC(C)c1nnc2c(C(O)=C3C(=O)[C@@H]4CC[C@@H](C4)C3=O)ccc(C(F)(F)F)n12. The second-order valence-corrected chi connectivity index (χ2v) is 7.66. The van der Waals surface area contributed by atoms with E-state index in [2.05, 4.69) is 10.2 Å². The number of aromatic nitrogens is 3. The Balaban J connectivity index is 1.98. The van der Waals surface area contributed by atoms with Gasteiger partial charge in [0.15, 0.2) is 17.2 Å². The van der Waals surface area contributed by atoms with Gasteiger partial charge in [-0.2, -0.15) is 13.2 Å². The smallest absolute Gasteiger partial charge is 0.431 e. The molecule has 2 fully saturated rings. The lowest BCUT2D eigenvalue weighted by molar-refractivity contribution is -0.142. The number of hydrogen-bond acceptors (Lipinski definition) is 5. The topological polar surface area (TPSA) is 84.6 Å². The summed E-state index contributed by atoms with van der Waals surface area (Å²) in [4.78, 5) is 25.2.